The first-order valence-corrected chi connectivity index (χ1v) is 8.74. The molecule has 2 nitrogen and oxygen atoms in total. The zero-order valence-corrected chi connectivity index (χ0v) is 14.2. The molecule has 0 bridgehead atoms. The van der Waals surface area contributed by atoms with Crippen LogP contribution >= 0.6 is 46.9 Å². The van der Waals surface area contributed by atoms with Crippen molar-refractivity contribution in [3.63, 3.8) is 0 Å². The highest BCUT2D eigenvalue weighted by Gasteiger charge is 2.11. The van der Waals surface area contributed by atoms with E-state index in [1.807, 2.05) is 24.3 Å². The Labute approximate surface area is 137 Å². The zero-order chi connectivity index (χ0) is 14.5. The van der Waals surface area contributed by atoms with Crippen molar-refractivity contribution in [3.05, 3.63) is 45.1 Å². The third-order valence-electron chi connectivity index (χ3n) is 2.65. The van der Waals surface area contributed by atoms with Crippen LogP contribution < -0.4 is 11.1 Å². The molecule has 2 rings (SSSR count). The molecule has 0 saturated heterocycles. The molecule has 0 fully saturated rings. The molecule has 0 unspecified atom stereocenters. The first-order valence-electron chi connectivity index (χ1n) is 6.15. The molecule has 20 heavy (non-hydrogen) atoms. The highest BCUT2D eigenvalue weighted by atomic mass is 35.5. The molecule has 0 saturated carbocycles. The number of thiophene rings is 1. The molecular weight excluding hydrogens is 328 g/mol. The van der Waals surface area contributed by atoms with E-state index in [2.05, 4.69) is 18.3 Å². The van der Waals surface area contributed by atoms with Crippen LogP contribution in [0.1, 0.15) is 17.4 Å². The Hall–Kier alpha value is -0.750. The Bertz CT molecular complexity index is 610. The van der Waals surface area contributed by atoms with Gasteiger partial charge in [0, 0.05) is 27.6 Å². The first kappa shape index (κ1) is 15.6. The Balaban J connectivity index is 2.22. The summed E-state index contributed by atoms with van der Waals surface area (Å²) in [7, 11) is 0. The van der Waals surface area contributed by atoms with E-state index in [1.165, 1.54) is 4.88 Å². The summed E-state index contributed by atoms with van der Waals surface area (Å²) in [6, 6.07) is 9.99. The fourth-order valence-electron chi connectivity index (χ4n) is 1.84. The fraction of sp³-hybridized carbons (Fsp3) is 0.214. The average molecular weight is 343 g/mol. The van der Waals surface area contributed by atoms with Gasteiger partial charge in [0.05, 0.1) is 4.34 Å². The van der Waals surface area contributed by atoms with Gasteiger partial charge in [-0.25, -0.2) is 0 Å². The number of thioether (sulfide) groups is 1. The highest BCUT2D eigenvalue weighted by Crippen LogP contribution is 2.29. The smallest absolute Gasteiger partial charge is 0.107 e. The van der Waals surface area contributed by atoms with Gasteiger partial charge in [-0.1, -0.05) is 36.8 Å². The lowest BCUT2D eigenvalue weighted by atomic mass is 10.1. The molecule has 1 aromatic carbocycles. The lowest BCUT2D eigenvalue weighted by Gasteiger charge is -2.14. The van der Waals surface area contributed by atoms with Gasteiger partial charge in [-0.15, -0.1) is 23.1 Å². The van der Waals surface area contributed by atoms with Crippen molar-refractivity contribution in [2.75, 3.05) is 11.1 Å². The molecule has 0 aliphatic carbocycles. The van der Waals surface area contributed by atoms with E-state index in [-0.39, 0.29) is 0 Å². The van der Waals surface area contributed by atoms with Gasteiger partial charge in [0.1, 0.15) is 4.99 Å². The Morgan fingerprint density at radius 3 is 2.80 bits per heavy atom. The van der Waals surface area contributed by atoms with E-state index in [0.717, 1.165) is 26.2 Å². The van der Waals surface area contributed by atoms with Crippen molar-refractivity contribution in [2.45, 2.75) is 18.4 Å². The van der Waals surface area contributed by atoms with Crippen LogP contribution in [0.4, 0.5) is 5.69 Å². The summed E-state index contributed by atoms with van der Waals surface area (Å²) in [5.41, 5.74) is 7.78. The van der Waals surface area contributed by atoms with Crippen LogP contribution in [0.25, 0.3) is 0 Å². The molecule has 1 aromatic heterocycles. The van der Waals surface area contributed by atoms with E-state index >= 15 is 0 Å². The van der Waals surface area contributed by atoms with Crippen LogP contribution in [0, 0.1) is 0 Å². The highest BCUT2D eigenvalue weighted by molar-refractivity contribution is 7.99. The van der Waals surface area contributed by atoms with Crippen LogP contribution in [-0.4, -0.2) is 10.7 Å². The lowest BCUT2D eigenvalue weighted by molar-refractivity contribution is 1.18. The number of benzene rings is 1. The fourth-order valence-corrected chi connectivity index (χ4v) is 4.00. The third-order valence-corrected chi connectivity index (χ3v) is 5.03. The van der Waals surface area contributed by atoms with Crippen molar-refractivity contribution >= 4 is 57.6 Å². The van der Waals surface area contributed by atoms with E-state index in [4.69, 9.17) is 29.6 Å². The van der Waals surface area contributed by atoms with E-state index < -0.39 is 0 Å². The number of halogens is 1. The van der Waals surface area contributed by atoms with Gasteiger partial charge in [0.25, 0.3) is 0 Å². The summed E-state index contributed by atoms with van der Waals surface area (Å²) >= 11 is 14.4. The topological polar surface area (TPSA) is 38.0 Å². The van der Waals surface area contributed by atoms with Gasteiger partial charge in [-0.05, 0) is 30.0 Å². The number of nitrogens with one attached hydrogen (secondary N) is 1. The number of nitrogens with two attached hydrogens (primary N) is 1. The summed E-state index contributed by atoms with van der Waals surface area (Å²) in [5, 5.41) is 3.39. The maximum absolute atomic E-state index is 5.94. The van der Waals surface area contributed by atoms with Gasteiger partial charge in [-0.3, -0.25) is 0 Å². The average Bonchev–Trinajstić information content (AvgIpc) is 2.82. The molecular formula is C14H15ClN2S3. The van der Waals surface area contributed by atoms with Gasteiger partial charge in [0.15, 0.2) is 0 Å². The molecule has 0 aliphatic heterocycles. The molecule has 0 aliphatic rings. The summed E-state index contributed by atoms with van der Waals surface area (Å²) in [5.74, 6) is 0.986. The Morgan fingerprint density at radius 2 is 2.20 bits per heavy atom. The van der Waals surface area contributed by atoms with Crippen molar-refractivity contribution in [3.8, 4) is 0 Å². The van der Waals surface area contributed by atoms with E-state index in [1.54, 1.807) is 23.1 Å². The summed E-state index contributed by atoms with van der Waals surface area (Å²) in [6.45, 7) is 2.83. The van der Waals surface area contributed by atoms with Crippen LogP contribution in [0.3, 0.4) is 0 Å². The van der Waals surface area contributed by atoms with Crippen molar-refractivity contribution < 1.29 is 0 Å². The van der Waals surface area contributed by atoms with Gasteiger partial charge in [0.2, 0.25) is 0 Å². The number of hydrogen-bond acceptors (Lipinski definition) is 4. The number of hydrogen-bond donors (Lipinski definition) is 2. The molecule has 6 heteroatoms. The second-order valence-electron chi connectivity index (χ2n) is 4.04. The monoisotopic (exact) mass is 342 g/mol. The number of anilines is 1. The number of thiocarbonyl (C=S) groups is 1. The summed E-state index contributed by atoms with van der Waals surface area (Å²) in [4.78, 5) is 2.72. The largest absolute Gasteiger partial charge is 0.389 e. The molecule has 0 amide bonds. The maximum Gasteiger partial charge on any atom is 0.107 e. The predicted molar refractivity (Wildman–Crippen MR) is 95.4 cm³/mol. The molecule has 0 atom stereocenters. The lowest BCUT2D eigenvalue weighted by Crippen LogP contribution is -2.14. The quantitative estimate of drug-likeness (QED) is 0.586. The van der Waals surface area contributed by atoms with Crippen LogP contribution in [0.2, 0.25) is 4.34 Å². The first-order chi connectivity index (χ1) is 9.61. The van der Waals surface area contributed by atoms with E-state index in [0.29, 0.717) is 11.5 Å². The molecule has 0 radical (unpaired) electrons. The molecule has 1 heterocycles. The zero-order valence-electron chi connectivity index (χ0n) is 11.0. The molecule has 0 spiro atoms. The minimum atomic E-state index is 0.424. The molecule has 2 aromatic rings. The third kappa shape index (κ3) is 3.88. The van der Waals surface area contributed by atoms with E-state index in [9.17, 15) is 0 Å². The maximum atomic E-state index is 5.94. The predicted octanol–water partition coefficient (Wildman–Crippen LogP) is 4.76. The summed E-state index contributed by atoms with van der Waals surface area (Å²) in [6.07, 6.45) is 0. The second kappa shape index (κ2) is 7.31. The summed E-state index contributed by atoms with van der Waals surface area (Å²) < 4.78 is 0.798. The SMILES string of the molecule is CCSc1cccc(NCc2ccc(Cl)s2)c1C(N)=S. The van der Waals surface area contributed by atoms with Gasteiger partial charge in [-0.2, -0.15) is 0 Å². The standard InChI is InChI=1S/C14H15ClN2S3/c1-2-19-11-5-3-4-10(13(11)14(16)18)17-8-9-6-7-12(15)20-9/h3-7,17H,2,8H2,1H3,(H2,16,18). The van der Waals surface area contributed by atoms with Crippen molar-refractivity contribution in [1.29, 1.82) is 0 Å². The van der Waals surface area contributed by atoms with Crippen LogP contribution in [0.15, 0.2) is 35.2 Å². The Morgan fingerprint density at radius 1 is 1.40 bits per heavy atom. The van der Waals surface area contributed by atoms with Crippen molar-refractivity contribution in [1.82, 2.24) is 0 Å². The minimum absolute atomic E-state index is 0.424. The normalized spacial score (nSPS) is 10.5. The van der Waals surface area contributed by atoms with Gasteiger partial charge >= 0.3 is 0 Å². The molecule has 3 N–H and O–H groups in total. The van der Waals surface area contributed by atoms with Gasteiger partial charge < -0.3 is 11.1 Å². The molecule has 106 valence electrons. The minimum Gasteiger partial charge on any atom is -0.389 e. The Kier molecular flexibility index (Phi) is 5.72. The van der Waals surface area contributed by atoms with Crippen molar-refractivity contribution in [2.24, 2.45) is 5.73 Å². The second-order valence-corrected chi connectivity index (χ2v) is 7.58. The van der Waals surface area contributed by atoms with Crippen LogP contribution in [0.5, 0.6) is 0 Å². The number of rotatable bonds is 6. The van der Waals surface area contributed by atoms with Crippen LogP contribution in [-0.2, 0) is 6.54 Å².